The van der Waals surface area contributed by atoms with Crippen molar-refractivity contribution < 1.29 is 18.1 Å². The second-order valence-corrected chi connectivity index (χ2v) is 6.53. The Morgan fingerprint density at radius 2 is 2.04 bits per heavy atom. The summed E-state index contributed by atoms with van der Waals surface area (Å²) < 4.78 is 33.2. The molecular weight excluding hydrogens is 332 g/mol. The lowest BCUT2D eigenvalue weighted by Crippen LogP contribution is -2.25. The van der Waals surface area contributed by atoms with Crippen molar-refractivity contribution in [3.8, 4) is 0 Å². The zero-order valence-electron chi connectivity index (χ0n) is 14.5. The van der Waals surface area contributed by atoms with Crippen LogP contribution in [0.2, 0.25) is 0 Å². The van der Waals surface area contributed by atoms with Crippen LogP contribution in [0.5, 0.6) is 0 Å². The van der Waals surface area contributed by atoms with E-state index >= 15 is 0 Å². The minimum atomic E-state index is -2.59. The molecule has 1 aliphatic carbocycles. The molecule has 25 heavy (non-hydrogen) atoms. The molecule has 0 aliphatic heterocycles. The zero-order valence-corrected chi connectivity index (χ0v) is 14.5. The number of nitrogens with zero attached hydrogens (tertiary/aromatic N) is 4. The molecule has 2 aromatic rings. The van der Waals surface area contributed by atoms with Crippen LogP contribution in [0.1, 0.15) is 65.1 Å². The molecule has 7 nitrogen and oxygen atoms in total. The largest absolute Gasteiger partial charge is 0.343 e. The maximum absolute atomic E-state index is 13.2. The van der Waals surface area contributed by atoms with Gasteiger partial charge in [0.25, 0.3) is 5.91 Å². The highest BCUT2D eigenvalue weighted by atomic mass is 19.3. The number of carbonyl (C=O) groups is 1. The van der Waals surface area contributed by atoms with E-state index in [4.69, 9.17) is 4.52 Å². The van der Waals surface area contributed by atoms with Crippen LogP contribution in [0.15, 0.2) is 4.52 Å². The SMILES string of the molecule is Cc1nn(C)c(C)c1C(=O)NCc1nc(C2CCC(F)(F)CC2)no1. The minimum Gasteiger partial charge on any atom is -0.343 e. The van der Waals surface area contributed by atoms with Gasteiger partial charge in [-0.2, -0.15) is 10.1 Å². The quantitative estimate of drug-likeness (QED) is 0.913. The van der Waals surface area contributed by atoms with Gasteiger partial charge in [-0.15, -0.1) is 0 Å². The third-order valence-electron chi connectivity index (χ3n) is 4.70. The Kier molecular flexibility index (Phi) is 4.57. The van der Waals surface area contributed by atoms with Crippen molar-refractivity contribution >= 4 is 5.91 Å². The summed E-state index contributed by atoms with van der Waals surface area (Å²) in [6.45, 7) is 3.67. The Hall–Kier alpha value is -2.32. The van der Waals surface area contributed by atoms with Crippen LogP contribution in [-0.4, -0.2) is 31.8 Å². The zero-order chi connectivity index (χ0) is 18.2. The van der Waals surface area contributed by atoms with Gasteiger partial charge in [-0.1, -0.05) is 5.16 Å². The van der Waals surface area contributed by atoms with Crippen molar-refractivity contribution in [3.05, 3.63) is 28.7 Å². The predicted molar refractivity (Wildman–Crippen MR) is 84.3 cm³/mol. The molecule has 0 unspecified atom stereocenters. The van der Waals surface area contributed by atoms with Crippen molar-refractivity contribution in [2.75, 3.05) is 0 Å². The molecule has 1 N–H and O–H groups in total. The average molecular weight is 353 g/mol. The molecule has 0 spiro atoms. The van der Waals surface area contributed by atoms with E-state index in [2.05, 4.69) is 20.6 Å². The summed E-state index contributed by atoms with van der Waals surface area (Å²) in [4.78, 5) is 16.6. The van der Waals surface area contributed by atoms with E-state index in [1.165, 1.54) is 0 Å². The van der Waals surface area contributed by atoms with Gasteiger partial charge in [0, 0.05) is 31.5 Å². The van der Waals surface area contributed by atoms with Crippen molar-refractivity contribution in [1.82, 2.24) is 25.2 Å². The topological polar surface area (TPSA) is 85.8 Å². The number of hydrogen-bond donors (Lipinski definition) is 1. The summed E-state index contributed by atoms with van der Waals surface area (Å²) in [5.74, 6) is -2.26. The number of aryl methyl sites for hydroxylation is 2. The number of aromatic nitrogens is 4. The van der Waals surface area contributed by atoms with Gasteiger partial charge in [0.05, 0.1) is 17.8 Å². The molecule has 0 saturated heterocycles. The molecule has 0 radical (unpaired) electrons. The second-order valence-electron chi connectivity index (χ2n) is 6.53. The number of alkyl halides is 2. The van der Waals surface area contributed by atoms with E-state index in [1.54, 1.807) is 18.7 Å². The van der Waals surface area contributed by atoms with Crippen LogP contribution < -0.4 is 5.32 Å². The number of rotatable bonds is 4. The minimum absolute atomic E-state index is 0.0858. The maximum Gasteiger partial charge on any atom is 0.255 e. The highest BCUT2D eigenvalue weighted by molar-refractivity contribution is 5.96. The van der Waals surface area contributed by atoms with Crippen molar-refractivity contribution in [2.24, 2.45) is 7.05 Å². The summed E-state index contributed by atoms with van der Waals surface area (Å²) in [6, 6.07) is 0. The van der Waals surface area contributed by atoms with Gasteiger partial charge in [0.2, 0.25) is 11.8 Å². The van der Waals surface area contributed by atoms with Crippen molar-refractivity contribution in [3.63, 3.8) is 0 Å². The molecule has 136 valence electrons. The standard InChI is InChI=1S/C16H21F2N5O2/c1-9-13(10(2)23(3)21-9)15(24)19-8-12-20-14(22-25-12)11-4-6-16(17,18)7-5-11/h11H,4-8H2,1-3H3,(H,19,24). The van der Waals surface area contributed by atoms with E-state index < -0.39 is 5.92 Å². The summed E-state index contributed by atoms with van der Waals surface area (Å²) in [6.07, 6.45) is 0.370. The fraction of sp³-hybridized carbons (Fsp3) is 0.625. The first kappa shape index (κ1) is 17.5. The number of halogens is 2. The van der Waals surface area contributed by atoms with E-state index in [9.17, 15) is 13.6 Å². The molecule has 1 fully saturated rings. The summed E-state index contributed by atoms with van der Waals surface area (Å²) >= 11 is 0. The van der Waals surface area contributed by atoms with Gasteiger partial charge >= 0.3 is 0 Å². The molecule has 3 rings (SSSR count). The Morgan fingerprint density at radius 1 is 1.36 bits per heavy atom. The van der Waals surface area contributed by atoms with Gasteiger partial charge in [0.15, 0.2) is 5.82 Å². The molecular formula is C16H21F2N5O2. The first-order valence-corrected chi connectivity index (χ1v) is 8.25. The lowest BCUT2D eigenvalue weighted by Gasteiger charge is -2.26. The highest BCUT2D eigenvalue weighted by Crippen LogP contribution is 2.39. The molecule has 1 amide bonds. The van der Waals surface area contributed by atoms with E-state index in [0.717, 1.165) is 5.69 Å². The first-order valence-electron chi connectivity index (χ1n) is 8.25. The average Bonchev–Trinajstić information content (AvgIpc) is 3.10. The summed E-state index contributed by atoms with van der Waals surface area (Å²) in [5, 5.41) is 10.8. The van der Waals surface area contributed by atoms with Crippen LogP contribution in [0.3, 0.4) is 0 Å². The lowest BCUT2D eigenvalue weighted by atomic mass is 9.86. The van der Waals surface area contributed by atoms with Crippen LogP contribution >= 0.6 is 0 Å². The number of carbonyl (C=O) groups excluding carboxylic acids is 1. The number of amides is 1. The fourth-order valence-corrected chi connectivity index (χ4v) is 3.15. The Morgan fingerprint density at radius 3 is 2.64 bits per heavy atom. The number of hydrogen-bond acceptors (Lipinski definition) is 5. The van der Waals surface area contributed by atoms with Crippen LogP contribution in [0, 0.1) is 13.8 Å². The summed E-state index contributed by atoms with van der Waals surface area (Å²) in [7, 11) is 1.77. The molecule has 1 aliphatic rings. The third kappa shape index (κ3) is 3.69. The summed E-state index contributed by atoms with van der Waals surface area (Å²) in [5.41, 5.74) is 1.94. The molecule has 0 atom stereocenters. The van der Waals surface area contributed by atoms with E-state index in [1.807, 2.05) is 6.92 Å². The normalized spacial score (nSPS) is 17.6. The van der Waals surface area contributed by atoms with Gasteiger partial charge in [-0.3, -0.25) is 9.48 Å². The van der Waals surface area contributed by atoms with Crippen molar-refractivity contribution in [2.45, 2.75) is 57.9 Å². The van der Waals surface area contributed by atoms with Crippen LogP contribution in [0.25, 0.3) is 0 Å². The smallest absolute Gasteiger partial charge is 0.255 e. The first-order chi connectivity index (χ1) is 11.8. The monoisotopic (exact) mass is 353 g/mol. The van der Waals surface area contributed by atoms with E-state index in [0.29, 0.717) is 29.9 Å². The second kappa shape index (κ2) is 6.53. The fourth-order valence-electron chi connectivity index (χ4n) is 3.15. The Labute approximate surface area is 143 Å². The highest BCUT2D eigenvalue weighted by Gasteiger charge is 2.37. The molecule has 1 saturated carbocycles. The lowest BCUT2D eigenvalue weighted by molar-refractivity contribution is -0.0389. The Balaban J connectivity index is 1.60. The van der Waals surface area contributed by atoms with Crippen LogP contribution in [0.4, 0.5) is 8.78 Å². The third-order valence-corrected chi connectivity index (χ3v) is 4.70. The Bertz CT molecular complexity index is 774. The van der Waals surface area contributed by atoms with Gasteiger partial charge in [0.1, 0.15) is 0 Å². The molecule has 0 bridgehead atoms. The van der Waals surface area contributed by atoms with Gasteiger partial charge in [-0.25, -0.2) is 8.78 Å². The van der Waals surface area contributed by atoms with Crippen LogP contribution in [-0.2, 0) is 13.6 Å². The number of nitrogens with one attached hydrogen (secondary N) is 1. The van der Waals surface area contributed by atoms with E-state index in [-0.39, 0.29) is 37.1 Å². The molecule has 2 aromatic heterocycles. The maximum atomic E-state index is 13.2. The molecule has 0 aromatic carbocycles. The van der Waals surface area contributed by atoms with Crippen molar-refractivity contribution in [1.29, 1.82) is 0 Å². The predicted octanol–water partition coefficient (Wildman–Crippen LogP) is 2.64. The van der Waals surface area contributed by atoms with Gasteiger partial charge in [-0.05, 0) is 26.7 Å². The van der Waals surface area contributed by atoms with Gasteiger partial charge < -0.3 is 9.84 Å². The molecule has 9 heteroatoms. The molecule has 2 heterocycles.